The summed E-state index contributed by atoms with van der Waals surface area (Å²) >= 11 is 3.53. The molecule has 1 saturated heterocycles. The average Bonchev–Trinajstić information content (AvgIpc) is 2.64. The molecular formula is C14H23BrN3O2P. The first-order valence-corrected chi connectivity index (χ1v) is 10.8. The fourth-order valence-corrected chi connectivity index (χ4v) is 4.03. The molecule has 0 radical (unpaired) electrons. The highest BCUT2D eigenvalue weighted by atomic mass is 79.9. The second-order valence-corrected chi connectivity index (χ2v) is 11.5. The second-order valence-electron chi connectivity index (χ2n) is 6.12. The molecule has 21 heavy (non-hydrogen) atoms. The van der Waals surface area contributed by atoms with Gasteiger partial charge in [0.15, 0.2) is 6.23 Å². The molecule has 2 aliphatic rings. The number of alkyl halides is 1. The fourth-order valence-electron chi connectivity index (χ4n) is 2.36. The first-order chi connectivity index (χ1) is 9.69. The van der Waals surface area contributed by atoms with Gasteiger partial charge in [-0.1, -0.05) is 22.5 Å². The summed E-state index contributed by atoms with van der Waals surface area (Å²) in [6, 6.07) is 0. The van der Waals surface area contributed by atoms with E-state index in [0.717, 1.165) is 12.6 Å². The van der Waals surface area contributed by atoms with E-state index in [1.165, 1.54) is 0 Å². The first-order valence-electron chi connectivity index (χ1n) is 6.83. The molecule has 0 spiro atoms. The molecule has 3 N–H and O–H groups in total. The third-order valence-electron chi connectivity index (χ3n) is 3.55. The van der Waals surface area contributed by atoms with E-state index in [1.54, 1.807) is 17.2 Å². The van der Waals surface area contributed by atoms with Crippen LogP contribution in [0.2, 0.25) is 0 Å². The monoisotopic (exact) mass is 375 g/mol. The molecule has 0 bridgehead atoms. The Kier molecular flexibility index (Phi) is 5.03. The van der Waals surface area contributed by atoms with Gasteiger partial charge in [0.05, 0.1) is 17.0 Å². The SMILES string of the molecule is C=C1N=C(N)C=CN1[C@@H]1OC(CCP(=C)(C)C)[C@@H](O)[C@H]1Br. The summed E-state index contributed by atoms with van der Waals surface area (Å²) in [7, 11) is 0. The van der Waals surface area contributed by atoms with Crippen LogP contribution in [0.15, 0.2) is 29.7 Å². The van der Waals surface area contributed by atoms with E-state index in [4.69, 9.17) is 10.5 Å². The Hall–Kier alpha value is -0.550. The molecule has 2 rings (SSSR count). The molecule has 0 saturated carbocycles. The molecule has 118 valence electrons. The van der Waals surface area contributed by atoms with Crippen LogP contribution >= 0.6 is 22.8 Å². The molecule has 0 aromatic rings. The number of hydrogen-bond donors (Lipinski definition) is 2. The molecule has 0 aliphatic carbocycles. The van der Waals surface area contributed by atoms with Crippen LogP contribution < -0.4 is 5.73 Å². The van der Waals surface area contributed by atoms with Gasteiger partial charge >= 0.3 is 0 Å². The van der Waals surface area contributed by atoms with Gasteiger partial charge in [-0.25, -0.2) is 4.99 Å². The molecule has 2 heterocycles. The molecule has 0 aromatic heterocycles. The normalized spacial score (nSPS) is 33.4. The van der Waals surface area contributed by atoms with E-state index < -0.39 is 13.0 Å². The summed E-state index contributed by atoms with van der Waals surface area (Å²) in [5, 5.41) is 10.4. The van der Waals surface area contributed by atoms with Crippen LogP contribution in [-0.4, -0.2) is 64.9 Å². The van der Waals surface area contributed by atoms with Gasteiger partial charge in [0.1, 0.15) is 11.7 Å². The van der Waals surface area contributed by atoms with E-state index in [-0.39, 0.29) is 17.2 Å². The molecule has 0 aromatic carbocycles. The van der Waals surface area contributed by atoms with Crippen LogP contribution in [0.25, 0.3) is 0 Å². The number of aliphatic imine (C=N–C) groups is 1. The Morgan fingerprint density at radius 3 is 2.81 bits per heavy atom. The number of halogens is 1. The molecule has 1 unspecified atom stereocenters. The molecule has 2 aliphatic heterocycles. The van der Waals surface area contributed by atoms with Crippen molar-refractivity contribution < 1.29 is 9.84 Å². The van der Waals surface area contributed by atoms with Crippen molar-refractivity contribution in [3.63, 3.8) is 0 Å². The third-order valence-corrected chi connectivity index (χ3v) is 6.01. The smallest absolute Gasteiger partial charge is 0.150 e. The lowest BCUT2D eigenvalue weighted by atomic mass is 10.1. The van der Waals surface area contributed by atoms with Gasteiger partial charge in [0.2, 0.25) is 0 Å². The Morgan fingerprint density at radius 2 is 2.24 bits per heavy atom. The van der Waals surface area contributed by atoms with Gasteiger partial charge in [-0.05, 0) is 32.0 Å². The van der Waals surface area contributed by atoms with E-state index in [2.05, 4.69) is 47.1 Å². The molecule has 5 nitrogen and oxygen atoms in total. The average molecular weight is 376 g/mol. The maximum Gasteiger partial charge on any atom is 0.150 e. The van der Waals surface area contributed by atoms with Crippen molar-refractivity contribution in [1.29, 1.82) is 0 Å². The third kappa shape index (κ3) is 4.01. The van der Waals surface area contributed by atoms with Crippen LogP contribution in [0.5, 0.6) is 0 Å². The van der Waals surface area contributed by atoms with Crippen molar-refractivity contribution in [2.75, 3.05) is 19.5 Å². The number of amidine groups is 1. The van der Waals surface area contributed by atoms with E-state index in [1.807, 2.05) is 0 Å². The summed E-state index contributed by atoms with van der Waals surface area (Å²) in [6.45, 7) is 7.12. The van der Waals surface area contributed by atoms with Crippen LogP contribution in [0, 0.1) is 0 Å². The zero-order valence-electron chi connectivity index (χ0n) is 12.4. The summed E-state index contributed by atoms with van der Waals surface area (Å²) in [6.07, 6.45) is 8.37. The minimum atomic E-state index is -1.13. The Morgan fingerprint density at radius 1 is 1.57 bits per heavy atom. The zero-order chi connectivity index (χ0) is 15.8. The number of aliphatic hydroxyl groups excluding tert-OH is 1. The molecule has 0 amide bonds. The number of ether oxygens (including phenoxy) is 1. The summed E-state index contributed by atoms with van der Waals surface area (Å²) in [4.78, 5) is 5.72. The summed E-state index contributed by atoms with van der Waals surface area (Å²) in [5.74, 6) is 0.934. The summed E-state index contributed by atoms with van der Waals surface area (Å²) < 4.78 is 6.02. The predicted molar refractivity (Wildman–Crippen MR) is 94.5 cm³/mol. The number of rotatable bonds is 4. The molecule has 4 atom stereocenters. The van der Waals surface area contributed by atoms with Crippen molar-refractivity contribution >= 4 is 35.0 Å². The highest BCUT2D eigenvalue weighted by Crippen LogP contribution is 2.40. The Balaban J connectivity index is 2.05. The Labute approximate surface area is 134 Å². The highest BCUT2D eigenvalue weighted by Gasteiger charge is 2.45. The minimum absolute atomic E-state index is 0.204. The van der Waals surface area contributed by atoms with Gasteiger partial charge in [0.25, 0.3) is 0 Å². The van der Waals surface area contributed by atoms with Gasteiger partial charge in [-0.2, -0.15) is 0 Å². The van der Waals surface area contributed by atoms with Crippen molar-refractivity contribution in [3.05, 3.63) is 24.7 Å². The number of nitrogens with zero attached hydrogens (tertiary/aromatic N) is 2. The number of hydrogen-bond acceptors (Lipinski definition) is 5. The lowest BCUT2D eigenvalue weighted by Gasteiger charge is -2.30. The predicted octanol–water partition coefficient (Wildman–Crippen LogP) is 1.59. The highest BCUT2D eigenvalue weighted by molar-refractivity contribution is 9.09. The standard InChI is InChI=1S/C14H23BrN3O2P/c1-9-17-11(16)5-7-18(9)14-12(15)13(19)10(20-14)6-8-21(2,3)4/h5,7,10,12-14,19H,1-2,6,8H2,3-4H3,(H2,16,17)/t10?,12-,13-,14-/m1/s1. The van der Waals surface area contributed by atoms with Crippen molar-refractivity contribution in [2.24, 2.45) is 10.7 Å². The largest absolute Gasteiger partial charge is 0.389 e. The van der Waals surface area contributed by atoms with Crippen LogP contribution in [0.3, 0.4) is 0 Å². The van der Waals surface area contributed by atoms with Crippen LogP contribution in [-0.2, 0) is 4.74 Å². The van der Waals surface area contributed by atoms with E-state index >= 15 is 0 Å². The maximum absolute atomic E-state index is 10.4. The number of aliphatic hydroxyl groups is 1. The number of nitrogens with two attached hydrogens (primary N) is 1. The first kappa shape index (κ1) is 16.8. The van der Waals surface area contributed by atoms with Crippen molar-refractivity contribution in [2.45, 2.75) is 29.7 Å². The van der Waals surface area contributed by atoms with Gasteiger partial charge < -0.3 is 20.5 Å². The van der Waals surface area contributed by atoms with Crippen molar-refractivity contribution in [1.82, 2.24) is 4.90 Å². The molecule has 7 heteroatoms. The van der Waals surface area contributed by atoms with Crippen molar-refractivity contribution in [3.8, 4) is 0 Å². The van der Waals surface area contributed by atoms with Gasteiger partial charge in [0, 0.05) is 6.20 Å². The minimum Gasteiger partial charge on any atom is -0.389 e. The van der Waals surface area contributed by atoms with Crippen LogP contribution in [0.4, 0.5) is 0 Å². The summed E-state index contributed by atoms with van der Waals surface area (Å²) in [5.41, 5.74) is 5.64. The lowest BCUT2D eigenvalue weighted by Crippen LogP contribution is -2.38. The van der Waals surface area contributed by atoms with Gasteiger partial charge in [-0.15, -0.1) is 13.2 Å². The van der Waals surface area contributed by atoms with E-state index in [9.17, 15) is 5.11 Å². The maximum atomic E-state index is 10.4. The molecule has 1 fully saturated rings. The fraction of sp³-hybridized carbons (Fsp3) is 0.571. The van der Waals surface area contributed by atoms with Gasteiger partial charge in [-0.3, -0.25) is 0 Å². The quantitative estimate of drug-likeness (QED) is 0.578. The second kappa shape index (κ2) is 6.29. The Bertz CT molecular complexity index is 528. The molecular weight excluding hydrogens is 353 g/mol. The topological polar surface area (TPSA) is 71.1 Å². The lowest BCUT2D eigenvalue weighted by molar-refractivity contribution is -0.0345. The van der Waals surface area contributed by atoms with E-state index in [0.29, 0.717) is 11.7 Å². The van der Waals surface area contributed by atoms with Crippen LogP contribution in [0.1, 0.15) is 6.42 Å². The zero-order valence-corrected chi connectivity index (χ0v) is 14.9.